The summed E-state index contributed by atoms with van der Waals surface area (Å²) in [5.41, 5.74) is 4.46. The first-order valence-corrected chi connectivity index (χ1v) is 11.6. The molecule has 2 aromatic rings. The van der Waals surface area contributed by atoms with Gasteiger partial charge < -0.3 is 25.4 Å². The number of likely N-dealkylation sites (N-methyl/N-ethyl adjacent to an activating group) is 1. The van der Waals surface area contributed by atoms with E-state index in [0.717, 1.165) is 35.1 Å². The van der Waals surface area contributed by atoms with E-state index in [1.807, 2.05) is 36.4 Å². The Hall–Kier alpha value is -3.39. The highest BCUT2D eigenvalue weighted by Gasteiger charge is 2.33. The maximum absolute atomic E-state index is 12.8. The molecule has 0 bridgehead atoms. The van der Waals surface area contributed by atoms with Crippen LogP contribution in [-0.4, -0.2) is 67.3 Å². The van der Waals surface area contributed by atoms with Crippen LogP contribution in [0.3, 0.4) is 0 Å². The molecule has 3 N–H and O–H groups in total. The average molecular weight is 466 g/mol. The van der Waals surface area contributed by atoms with Crippen LogP contribution in [0.1, 0.15) is 36.3 Å². The third-order valence-corrected chi connectivity index (χ3v) is 6.38. The van der Waals surface area contributed by atoms with Crippen LogP contribution < -0.4 is 10.6 Å². The zero-order valence-corrected chi connectivity index (χ0v) is 19.5. The number of carbonyl (C=O) groups excluding carboxylic acids is 2. The number of rotatable bonds is 10. The minimum atomic E-state index is -1.06. The lowest BCUT2D eigenvalue weighted by atomic mass is 9.98. The monoisotopic (exact) mass is 465 g/mol. The van der Waals surface area contributed by atoms with Crippen molar-refractivity contribution in [1.82, 2.24) is 15.5 Å². The van der Waals surface area contributed by atoms with Gasteiger partial charge in [0.25, 0.3) is 0 Å². The molecule has 2 atom stereocenters. The molecule has 4 rings (SSSR count). The third kappa shape index (κ3) is 5.56. The number of nitrogens with zero attached hydrogens (tertiary/aromatic N) is 1. The standard InChI is InChI=1S/C26H31N3O5/c1-29(2)14-23(24(30)27-22(25(31)32)13-16-11-12-16)28-26(33)34-15-21-19-9-5-3-7-17(19)18-8-4-6-10-20(18)21/h3-10,16,21-23H,11-15H2,1-2H3,(H,27,30)(H,28,33)(H,31,32)/t22-,23-/m0/s1. The van der Waals surface area contributed by atoms with Gasteiger partial charge in [0.2, 0.25) is 5.91 Å². The number of hydrogen-bond acceptors (Lipinski definition) is 5. The minimum absolute atomic E-state index is 0.0887. The Labute approximate surface area is 199 Å². The lowest BCUT2D eigenvalue weighted by Crippen LogP contribution is -2.55. The molecular formula is C26H31N3O5. The lowest BCUT2D eigenvalue weighted by molar-refractivity contribution is -0.142. The second-order valence-corrected chi connectivity index (χ2v) is 9.36. The van der Waals surface area contributed by atoms with Crippen molar-refractivity contribution in [3.8, 4) is 11.1 Å². The number of ether oxygens (including phenoxy) is 1. The van der Waals surface area contributed by atoms with E-state index in [2.05, 4.69) is 22.8 Å². The van der Waals surface area contributed by atoms with Crippen molar-refractivity contribution in [2.24, 2.45) is 5.92 Å². The van der Waals surface area contributed by atoms with Gasteiger partial charge in [-0.05, 0) is 48.7 Å². The van der Waals surface area contributed by atoms with Gasteiger partial charge in [0.05, 0.1) is 0 Å². The highest BCUT2D eigenvalue weighted by atomic mass is 16.5. The Morgan fingerprint density at radius 3 is 2.09 bits per heavy atom. The first-order chi connectivity index (χ1) is 16.3. The van der Waals surface area contributed by atoms with Gasteiger partial charge in [-0.1, -0.05) is 61.4 Å². The Balaban J connectivity index is 1.39. The second kappa shape index (κ2) is 10.3. The van der Waals surface area contributed by atoms with Crippen LogP contribution in [0.25, 0.3) is 11.1 Å². The third-order valence-electron chi connectivity index (χ3n) is 6.38. The molecule has 0 saturated heterocycles. The summed E-state index contributed by atoms with van der Waals surface area (Å²) in [7, 11) is 3.55. The molecule has 1 saturated carbocycles. The predicted molar refractivity (Wildman–Crippen MR) is 127 cm³/mol. The Morgan fingerprint density at radius 1 is 0.971 bits per heavy atom. The van der Waals surface area contributed by atoms with Gasteiger partial charge in [0.1, 0.15) is 18.7 Å². The van der Waals surface area contributed by atoms with Gasteiger partial charge in [-0.3, -0.25) is 4.79 Å². The van der Waals surface area contributed by atoms with Gasteiger partial charge >= 0.3 is 12.1 Å². The first kappa shape index (κ1) is 23.8. The van der Waals surface area contributed by atoms with Crippen LogP contribution in [-0.2, 0) is 14.3 Å². The smallest absolute Gasteiger partial charge is 0.407 e. The van der Waals surface area contributed by atoms with Crippen LogP contribution >= 0.6 is 0 Å². The molecule has 1 fully saturated rings. The normalized spacial score (nSPS) is 16.3. The fourth-order valence-electron chi connectivity index (χ4n) is 4.52. The number of amides is 2. The highest BCUT2D eigenvalue weighted by molar-refractivity contribution is 5.89. The van der Waals surface area contributed by atoms with E-state index in [0.29, 0.717) is 12.3 Å². The Kier molecular flexibility index (Phi) is 7.17. The molecule has 2 aliphatic rings. The van der Waals surface area contributed by atoms with Crippen LogP contribution in [0.5, 0.6) is 0 Å². The summed E-state index contributed by atoms with van der Waals surface area (Å²) >= 11 is 0. The van der Waals surface area contributed by atoms with E-state index in [-0.39, 0.29) is 19.1 Å². The minimum Gasteiger partial charge on any atom is -0.480 e. The van der Waals surface area contributed by atoms with Crippen molar-refractivity contribution in [1.29, 1.82) is 0 Å². The maximum atomic E-state index is 12.8. The summed E-state index contributed by atoms with van der Waals surface area (Å²) in [5.74, 6) is -1.35. The molecule has 0 heterocycles. The van der Waals surface area contributed by atoms with Crippen LogP contribution in [0.15, 0.2) is 48.5 Å². The molecular weight excluding hydrogens is 434 g/mol. The SMILES string of the molecule is CN(C)C[C@H](NC(=O)OCC1c2ccccc2-c2ccccc21)C(=O)N[C@@H](CC1CC1)C(=O)O. The summed E-state index contributed by atoms with van der Waals surface area (Å²) in [6.45, 7) is 0.349. The molecule has 8 heteroatoms. The average Bonchev–Trinajstić information content (AvgIpc) is 3.57. The number of carbonyl (C=O) groups is 3. The molecule has 0 aromatic heterocycles. The molecule has 2 aromatic carbocycles. The van der Waals surface area contributed by atoms with Crippen molar-refractivity contribution in [3.63, 3.8) is 0 Å². The molecule has 0 radical (unpaired) electrons. The fraction of sp³-hybridized carbons (Fsp3) is 0.423. The molecule has 2 aliphatic carbocycles. The van der Waals surface area contributed by atoms with Gasteiger partial charge in [-0.25, -0.2) is 9.59 Å². The summed E-state index contributed by atoms with van der Waals surface area (Å²) in [6, 6.07) is 14.2. The molecule has 34 heavy (non-hydrogen) atoms. The molecule has 8 nitrogen and oxygen atoms in total. The fourth-order valence-corrected chi connectivity index (χ4v) is 4.52. The number of fused-ring (bicyclic) bond motifs is 3. The zero-order valence-electron chi connectivity index (χ0n) is 19.5. The number of carboxylic acid groups (broad SMARTS) is 1. The van der Waals surface area contributed by atoms with Crippen molar-refractivity contribution < 1.29 is 24.2 Å². The predicted octanol–water partition coefficient (Wildman–Crippen LogP) is 2.82. The summed E-state index contributed by atoms with van der Waals surface area (Å²) < 4.78 is 5.56. The summed E-state index contributed by atoms with van der Waals surface area (Å²) in [5, 5.41) is 14.7. The van der Waals surface area contributed by atoms with Crippen molar-refractivity contribution in [3.05, 3.63) is 59.7 Å². The van der Waals surface area contributed by atoms with Gasteiger partial charge in [0, 0.05) is 12.5 Å². The van der Waals surface area contributed by atoms with E-state index in [1.165, 1.54) is 0 Å². The number of hydrogen-bond donors (Lipinski definition) is 3. The van der Waals surface area contributed by atoms with Crippen LogP contribution in [0.2, 0.25) is 0 Å². The quantitative estimate of drug-likeness (QED) is 0.498. The maximum Gasteiger partial charge on any atom is 0.407 e. The van der Waals surface area contributed by atoms with Crippen LogP contribution in [0.4, 0.5) is 4.79 Å². The van der Waals surface area contributed by atoms with Crippen molar-refractivity contribution in [2.45, 2.75) is 37.3 Å². The number of alkyl carbamates (subject to hydrolysis) is 1. The Morgan fingerprint density at radius 2 is 1.56 bits per heavy atom. The number of aliphatic carboxylic acids is 1. The Bertz CT molecular complexity index is 1020. The number of benzene rings is 2. The van der Waals surface area contributed by atoms with Crippen molar-refractivity contribution in [2.75, 3.05) is 27.2 Å². The topological polar surface area (TPSA) is 108 Å². The van der Waals surface area contributed by atoms with Crippen LogP contribution in [0, 0.1) is 5.92 Å². The molecule has 2 amide bonds. The summed E-state index contributed by atoms with van der Waals surface area (Å²) in [4.78, 5) is 38.9. The van der Waals surface area contributed by atoms with E-state index < -0.39 is 30.1 Å². The lowest BCUT2D eigenvalue weighted by Gasteiger charge is -2.24. The molecule has 0 aliphatic heterocycles. The molecule has 0 spiro atoms. The largest absolute Gasteiger partial charge is 0.480 e. The van der Waals surface area contributed by atoms with Crippen molar-refractivity contribution >= 4 is 18.0 Å². The highest BCUT2D eigenvalue weighted by Crippen LogP contribution is 2.44. The summed E-state index contributed by atoms with van der Waals surface area (Å²) in [6.07, 6.45) is 1.66. The first-order valence-electron chi connectivity index (χ1n) is 11.6. The molecule has 0 unspecified atom stereocenters. The van der Waals surface area contributed by atoms with E-state index >= 15 is 0 Å². The number of carboxylic acids is 1. The van der Waals surface area contributed by atoms with Gasteiger partial charge in [-0.2, -0.15) is 0 Å². The van der Waals surface area contributed by atoms with Gasteiger partial charge in [0.15, 0.2) is 0 Å². The molecule has 180 valence electrons. The van der Waals surface area contributed by atoms with E-state index in [1.54, 1.807) is 19.0 Å². The van der Waals surface area contributed by atoms with E-state index in [4.69, 9.17) is 4.74 Å². The second-order valence-electron chi connectivity index (χ2n) is 9.36. The van der Waals surface area contributed by atoms with E-state index in [9.17, 15) is 19.5 Å². The van der Waals surface area contributed by atoms with Gasteiger partial charge in [-0.15, -0.1) is 0 Å². The number of nitrogens with one attached hydrogen (secondary N) is 2. The zero-order chi connectivity index (χ0) is 24.2.